The lowest BCUT2D eigenvalue weighted by molar-refractivity contribution is 0.687. The third-order valence-electron chi connectivity index (χ3n) is 3.23. The summed E-state index contributed by atoms with van der Waals surface area (Å²) in [4.78, 5) is 2.27. The van der Waals surface area contributed by atoms with Crippen molar-refractivity contribution >= 4 is 39.3 Å². The van der Waals surface area contributed by atoms with E-state index in [0.29, 0.717) is 0 Å². The first-order valence-electron chi connectivity index (χ1n) is 6.66. The molecule has 0 aliphatic heterocycles. The van der Waals surface area contributed by atoms with Crippen LogP contribution in [-0.4, -0.2) is 6.04 Å². The van der Waals surface area contributed by atoms with Gasteiger partial charge >= 0.3 is 0 Å². The minimum Gasteiger partial charge on any atom is -0.310 e. The van der Waals surface area contributed by atoms with Crippen LogP contribution < -0.4 is 5.32 Å². The van der Waals surface area contributed by atoms with Gasteiger partial charge in [0.25, 0.3) is 0 Å². The van der Waals surface area contributed by atoms with Gasteiger partial charge in [-0.15, -0.1) is 0 Å². The van der Waals surface area contributed by atoms with Gasteiger partial charge in [0, 0.05) is 26.9 Å². The molecule has 104 valence electrons. The molecule has 2 aromatic carbocycles. The Labute approximate surface area is 137 Å². The van der Waals surface area contributed by atoms with Crippen molar-refractivity contribution in [1.29, 1.82) is 0 Å². The van der Waals surface area contributed by atoms with Crippen LogP contribution in [-0.2, 0) is 6.54 Å². The van der Waals surface area contributed by atoms with E-state index in [-0.39, 0.29) is 0 Å². The number of hydrogen-bond donors (Lipinski definition) is 1. The van der Waals surface area contributed by atoms with Gasteiger partial charge in [-0.1, -0.05) is 41.6 Å². The molecule has 2 aromatic rings. The molecular formula is C16H15BrClNS. The first-order chi connectivity index (χ1) is 9.72. The molecular weight excluding hydrogens is 354 g/mol. The van der Waals surface area contributed by atoms with Crippen LogP contribution in [0.15, 0.2) is 56.7 Å². The minimum atomic E-state index is 0.725. The molecule has 0 spiro atoms. The minimum absolute atomic E-state index is 0.725. The van der Waals surface area contributed by atoms with Crippen LogP contribution in [0.4, 0.5) is 0 Å². The van der Waals surface area contributed by atoms with Crippen LogP contribution in [0.5, 0.6) is 0 Å². The summed E-state index contributed by atoms with van der Waals surface area (Å²) in [6.07, 6.45) is 2.62. The Morgan fingerprint density at radius 2 is 1.95 bits per heavy atom. The van der Waals surface area contributed by atoms with Crippen molar-refractivity contribution in [1.82, 2.24) is 5.32 Å². The molecule has 0 unspecified atom stereocenters. The predicted molar refractivity (Wildman–Crippen MR) is 89.6 cm³/mol. The predicted octanol–water partition coefficient (Wildman–Crippen LogP) is 5.51. The molecule has 1 saturated carbocycles. The Balaban J connectivity index is 1.71. The zero-order valence-electron chi connectivity index (χ0n) is 10.9. The van der Waals surface area contributed by atoms with Crippen LogP contribution in [0.3, 0.4) is 0 Å². The summed E-state index contributed by atoms with van der Waals surface area (Å²) < 4.78 is 1.10. The summed E-state index contributed by atoms with van der Waals surface area (Å²) in [6, 6.07) is 15.2. The average Bonchev–Trinajstić information content (AvgIpc) is 3.26. The molecule has 0 aromatic heterocycles. The molecule has 0 radical (unpaired) electrons. The smallest absolute Gasteiger partial charge is 0.0548 e. The Hall–Kier alpha value is -0.480. The summed E-state index contributed by atoms with van der Waals surface area (Å²) in [5.41, 5.74) is 1.25. The summed E-state index contributed by atoms with van der Waals surface area (Å²) in [5.74, 6) is 0. The number of nitrogens with one attached hydrogen (secondary N) is 1. The van der Waals surface area contributed by atoms with Gasteiger partial charge in [-0.3, -0.25) is 0 Å². The molecule has 0 atom stereocenters. The Morgan fingerprint density at radius 3 is 2.65 bits per heavy atom. The Kier molecular flexibility index (Phi) is 4.72. The van der Waals surface area contributed by atoms with Gasteiger partial charge in [-0.05, 0) is 58.6 Å². The van der Waals surface area contributed by atoms with Gasteiger partial charge in [0.05, 0.1) is 5.02 Å². The van der Waals surface area contributed by atoms with E-state index in [2.05, 4.69) is 45.5 Å². The maximum Gasteiger partial charge on any atom is 0.0548 e. The fraction of sp³-hybridized carbons (Fsp3) is 0.250. The van der Waals surface area contributed by atoms with E-state index in [0.717, 1.165) is 27.0 Å². The fourth-order valence-corrected chi connectivity index (χ4v) is 3.62. The number of hydrogen-bond acceptors (Lipinski definition) is 2. The monoisotopic (exact) mass is 367 g/mol. The lowest BCUT2D eigenvalue weighted by atomic mass is 10.2. The van der Waals surface area contributed by atoms with E-state index >= 15 is 0 Å². The summed E-state index contributed by atoms with van der Waals surface area (Å²) in [7, 11) is 0. The van der Waals surface area contributed by atoms with Crippen LogP contribution in [0.1, 0.15) is 18.4 Å². The highest BCUT2D eigenvalue weighted by Gasteiger charge is 2.20. The normalized spacial score (nSPS) is 14.5. The van der Waals surface area contributed by atoms with Gasteiger partial charge in [0.15, 0.2) is 0 Å². The molecule has 0 bridgehead atoms. The number of benzene rings is 2. The first kappa shape index (κ1) is 14.5. The quantitative estimate of drug-likeness (QED) is 0.747. The maximum absolute atomic E-state index is 6.40. The van der Waals surface area contributed by atoms with Gasteiger partial charge < -0.3 is 5.32 Å². The van der Waals surface area contributed by atoms with E-state index < -0.39 is 0 Å². The van der Waals surface area contributed by atoms with Crippen molar-refractivity contribution in [2.75, 3.05) is 0 Å². The highest BCUT2D eigenvalue weighted by molar-refractivity contribution is 9.10. The van der Waals surface area contributed by atoms with E-state index in [4.69, 9.17) is 11.6 Å². The summed E-state index contributed by atoms with van der Waals surface area (Å²) in [5, 5.41) is 4.33. The third-order valence-corrected chi connectivity index (χ3v) is 5.76. The van der Waals surface area contributed by atoms with Crippen LogP contribution in [0, 0.1) is 0 Å². The Bertz CT molecular complexity index is 613. The second-order valence-electron chi connectivity index (χ2n) is 4.95. The van der Waals surface area contributed by atoms with Gasteiger partial charge in [0.1, 0.15) is 0 Å². The topological polar surface area (TPSA) is 12.0 Å². The van der Waals surface area contributed by atoms with Crippen molar-refractivity contribution in [3.05, 3.63) is 57.5 Å². The van der Waals surface area contributed by atoms with Gasteiger partial charge in [-0.25, -0.2) is 0 Å². The van der Waals surface area contributed by atoms with Crippen molar-refractivity contribution in [2.24, 2.45) is 0 Å². The molecule has 1 aliphatic carbocycles. The van der Waals surface area contributed by atoms with Crippen molar-refractivity contribution in [3.63, 3.8) is 0 Å². The van der Waals surface area contributed by atoms with E-state index in [1.165, 1.54) is 23.3 Å². The van der Waals surface area contributed by atoms with E-state index in [9.17, 15) is 0 Å². The van der Waals surface area contributed by atoms with Crippen LogP contribution in [0.2, 0.25) is 5.02 Å². The SMILES string of the molecule is Clc1cc(CNC2CC2)ccc1Sc1ccccc1Br. The molecule has 4 heteroatoms. The zero-order chi connectivity index (χ0) is 13.9. The number of rotatable bonds is 5. The molecule has 1 fully saturated rings. The molecule has 1 nitrogen and oxygen atoms in total. The van der Waals surface area contributed by atoms with Gasteiger partial charge in [-0.2, -0.15) is 0 Å². The highest BCUT2D eigenvalue weighted by Crippen LogP contribution is 2.37. The van der Waals surface area contributed by atoms with Crippen LogP contribution in [0.25, 0.3) is 0 Å². The molecule has 20 heavy (non-hydrogen) atoms. The van der Waals surface area contributed by atoms with Crippen LogP contribution >= 0.6 is 39.3 Å². The molecule has 0 heterocycles. The maximum atomic E-state index is 6.40. The second kappa shape index (κ2) is 6.52. The van der Waals surface area contributed by atoms with E-state index in [1.54, 1.807) is 11.8 Å². The second-order valence-corrected chi connectivity index (χ2v) is 7.30. The summed E-state index contributed by atoms with van der Waals surface area (Å²) >= 11 is 11.7. The summed E-state index contributed by atoms with van der Waals surface area (Å²) in [6.45, 7) is 0.907. The molecule has 3 rings (SSSR count). The Morgan fingerprint density at radius 1 is 1.15 bits per heavy atom. The van der Waals surface area contributed by atoms with Crippen molar-refractivity contribution in [2.45, 2.75) is 35.2 Å². The lowest BCUT2D eigenvalue weighted by Gasteiger charge is -2.09. The zero-order valence-corrected chi connectivity index (χ0v) is 14.1. The lowest BCUT2D eigenvalue weighted by Crippen LogP contribution is -2.15. The van der Waals surface area contributed by atoms with Crippen molar-refractivity contribution < 1.29 is 0 Å². The number of halogens is 2. The largest absolute Gasteiger partial charge is 0.310 e. The molecule has 1 N–H and O–H groups in total. The van der Waals surface area contributed by atoms with E-state index in [1.807, 2.05) is 18.2 Å². The highest BCUT2D eigenvalue weighted by atomic mass is 79.9. The molecule has 0 amide bonds. The average molecular weight is 369 g/mol. The standard InChI is InChI=1S/C16H15BrClNS/c17-13-3-1-2-4-15(13)20-16-8-5-11(9-14(16)18)10-19-12-6-7-12/h1-5,8-9,12,19H,6-7,10H2. The van der Waals surface area contributed by atoms with Gasteiger partial charge in [0.2, 0.25) is 0 Å². The molecule has 0 saturated heterocycles. The fourth-order valence-electron chi connectivity index (χ4n) is 1.93. The third kappa shape index (κ3) is 3.79. The molecule has 1 aliphatic rings. The van der Waals surface area contributed by atoms with Crippen molar-refractivity contribution in [3.8, 4) is 0 Å². The first-order valence-corrected chi connectivity index (χ1v) is 8.65.